The van der Waals surface area contributed by atoms with Crippen LogP contribution in [0.3, 0.4) is 0 Å². The molecule has 0 saturated heterocycles. The summed E-state index contributed by atoms with van der Waals surface area (Å²) in [5, 5.41) is 16.0. The normalized spacial score (nSPS) is 10.1. The van der Waals surface area contributed by atoms with E-state index in [-0.39, 0.29) is 4.88 Å². The highest BCUT2D eigenvalue weighted by atomic mass is 32.1. The molecule has 0 fully saturated rings. The van der Waals surface area contributed by atoms with E-state index >= 15 is 0 Å². The minimum Gasteiger partial charge on any atom is -0.477 e. The van der Waals surface area contributed by atoms with Crippen molar-refractivity contribution in [3.63, 3.8) is 0 Å². The highest BCUT2D eigenvalue weighted by Crippen LogP contribution is 2.27. The molecule has 0 unspecified atom stereocenters. The zero-order valence-corrected chi connectivity index (χ0v) is 11.9. The van der Waals surface area contributed by atoms with E-state index in [1.54, 1.807) is 18.4 Å². The Balaban J connectivity index is 2.12. The fourth-order valence-corrected chi connectivity index (χ4v) is 2.60. The summed E-state index contributed by atoms with van der Waals surface area (Å²) in [5.74, 6) is -1.05. The molecule has 1 aromatic carbocycles. The van der Waals surface area contributed by atoms with E-state index in [4.69, 9.17) is 5.11 Å². The van der Waals surface area contributed by atoms with Gasteiger partial charge in [-0.3, -0.25) is 0 Å². The molecule has 5 nitrogen and oxygen atoms in total. The smallest absolute Gasteiger partial charge is 0.348 e. The van der Waals surface area contributed by atoms with E-state index in [2.05, 4.69) is 10.6 Å². The van der Waals surface area contributed by atoms with Crippen molar-refractivity contribution in [2.75, 3.05) is 10.6 Å². The molecule has 0 bridgehead atoms. The Morgan fingerprint density at radius 3 is 2.60 bits per heavy atom. The summed E-state index contributed by atoms with van der Waals surface area (Å²) in [6.07, 6.45) is 0. The van der Waals surface area contributed by atoms with Crippen molar-refractivity contribution >= 4 is 34.7 Å². The number of benzene rings is 1. The van der Waals surface area contributed by atoms with E-state index in [0.717, 1.165) is 22.5 Å². The second-order valence-corrected chi connectivity index (χ2v) is 5.26. The van der Waals surface area contributed by atoms with Gasteiger partial charge in [0.05, 0.1) is 5.69 Å². The molecular weight excluding hydrogens is 276 g/mol. The standard InChI is InChI=1S/C14H14N2O3S/c1-8-4-3-5-10(6-8)15-14(19)16-11-9(2)7-20-12(11)13(17)18/h3-7H,1-2H3,(H,17,18)(H2,15,16,19). The predicted molar refractivity (Wildman–Crippen MR) is 79.8 cm³/mol. The first-order chi connectivity index (χ1) is 9.47. The van der Waals surface area contributed by atoms with E-state index in [1.807, 2.05) is 25.1 Å². The first-order valence-electron chi connectivity index (χ1n) is 5.93. The van der Waals surface area contributed by atoms with E-state index in [1.165, 1.54) is 0 Å². The molecule has 2 aromatic rings. The lowest BCUT2D eigenvalue weighted by Gasteiger charge is -2.09. The van der Waals surface area contributed by atoms with Crippen molar-refractivity contribution in [2.45, 2.75) is 13.8 Å². The number of hydrogen-bond donors (Lipinski definition) is 3. The minimum atomic E-state index is -1.05. The quantitative estimate of drug-likeness (QED) is 0.806. The van der Waals surface area contributed by atoms with Gasteiger partial charge in [0, 0.05) is 5.69 Å². The fourth-order valence-electron chi connectivity index (χ4n) is 1.76. The van der Waals surface area contributed by atoms with Gasteiger partial charge in [0.25, 0.3) is 0 Å². The van der Waals surface area contributed by atoms with Gasteiger partial charge in [-0.1, -0.05) is 12.1 Å². The molecule has 1 heterocycles. The van der Waals surface area contributed by atoms with Crippen molar-refractivity contribution in [3.05, 3.63) is 45.6 Å². The maximum absolute atomic E-state index is 11.9. The average Bonchev–Trinajstić information content (AvgIpc) is 2.71. The molecule has 0 aliphatic heterocycles. The van der Waals surface area contributed by atoms with Gasteiger partial charge in [0.1, 0.15) is 4.88 Å². The van der Waals surface area contributed by atoms with Gasteiger partial charge in [-0.15, -0.1) is 11.3 Å². The van der Waals surface area contributed by atoms with Crippen LogP contribution in [0, 0.1) is 13.8 Å². The SMILES string of the molecule is Cc1cccc(NC(=O)Nc2c(C)csc2C(=O)O)c1. The zero-order valence-electron chi connectivity index (χ0n) is 11.1. The third-order valence-corrected chi connectivity index (χ3v) is 3.77. The summed E-state index contributed by atoms with van der Waals surface area (Å²) in [5.41, 5.74) is 2.76. The number of nitrogens with one attached hydrogen (secondary N) is 2. The van der Waals surface area contributed by atoms with Crippen LogP contribution in [0.25, 0.3) is 0 Å². The van der Waals surface area contributed by atoms with Crippen LogP contribution in [0.1, 0.15) is 20.8 Å². The molecule has 0 aliphatic rings. The largest absolute Gasteiger partial charge is 0.477 e. The summed E-state index contributed by atoms with van der Waals surface area (Å²) in [6.45, 7) is 3.68. The monoisotopic (exact) mass is 290 g/mol. The molecule has 2 amide bonds. The van der Waals surface area contributed by atoms with Crippen LogP contribution in [0.2, 0.25) is 0 Å². The topological polar surface area (TPSA) is 78.4 Å². The van der Waals surface area contributed by atoms with Crippen molar-refractivity contribution in [3.8, 4) is 0 Å². The molecule has 0 aliphatic carbocycles. The summed E-state index contributed by atoms with van der Waals surface area (Å²) in [4.78, 5) is 23.1. The average molecular weight is 290 g/mol. The van der Waals surface area contributed by atoms with Crippen LogP contribution in [0.4, 0.5) is 16.2 Å². The number of thiophene rings is 1. The summed E-state index contributed by atoms with van der Waals surface area (Å²) >= 11 is 1.09. The highest BCUT2D eigenvalue weighted by molar-refractivity contribution is 7.12. The first kappa shape index (κ1) is 14.1. The third kappa shape index (κ3) is 3.16. The fraction of sp³-hybridized carbons (Fsp3) is 0.143. The number of rotatable bonds is 3. The number of amides is 2. The molecule has 0 atom stereocenters. The number of carboxylic acid groups (broad SMARTS) is 1. The summed E-state index contributed by atoms with van der Waals surface area (Å²) < 4.78 is 0. The number of anilines is 2. The van der Waals surface area contributed by atoms with Crippen molar-refractivity contribution in [1.82, 2.24) is 0 Å². The van der Waals surface area contributed by atoms with Gasteiger partial charge >= 0.3 is 12.0 Å². The predicted octanol–water partition coefficient (Wildman–Crippen LogP) is 3.71. The minimum absolute atomic E-state index is 0.127. The lowest BCUT2D eigenvalue weighted by atomic mass is 10.2. The maximum atomic E-state index is 11.9. The number of aromatic carboxylic acids is 1. The van der Waals surface area contributed by atoms with E-state index in [9.17, 15) is 9.59 Å². The van der Waals surface area contributed by atoms with Gasteiger partial charge in [-0.2, -0.15) is 0 Å². The molecular formula is C14H14N2O3S. The lowest BCUT2D eigenvalue weighted by molar-refractivity contribution is 0.0703. The van der Waals surface area contributed by atoms with Gasteiger partial charge < -0.3 is 15.7 Å². The van der Waals surface area contributed by atoms with Crippen LogP contribution in [-0.4, -0.2) is 17.1 Å². The van der Waals surface area contributed by atoms with Crippen molar-refractivity contribution in [1.29, 1.82) is 0 Å². The Morgan fingerprint density at radius 2 is 1.95 bits per heavy atom. The number of carboxylic acids is 1. The van der Waals surface area contributed by atoms with Crippen LogP contribution < -0.4 is 10.6 Å². The van der Waals surface area contributed by atoms with Gasteiger partial charge in [0.15, 0.2) is 0 Å². The van der Waals surface area contributed by atoms with Gasteiger partial charge in [0.2, 0.25) is 0 Å². The Morgan fingerprint density at radius 1 is 1.20 bits per heavy atom. The molecule has 0 spiro atoms. The Bertz CT molecular complexity index is 664. The molecule has 2 rings (SSSR count). The Labute approximate surface area is 120 Å². The third-order valence-electron chi connectivity index (χ3n) is 2.68. The summed E-state index contributed by atoms with van der Waals surface area (Å²) in [7, 11) is 0. The molecule has 0 saturated carbocycles. The Hall–Kier alpha value is -2.34. The number of carbonyl (C=O) groups is 2. The molecule has 3 N–H and O–H groups in total. The first-order valence-corrected chi connectivity index (χ1v) is 6.81. The van der Waals surface area contributed by atoms with Crippen LogP contribution in [0.5, 0.6) is 0 Å². The van der Waals surface area contributed by atoms with Crippen LogP contribution in [-0.2, 0) is 0 Å². The van der Waals surface area contributed by atoms with E-state index in [0.29, 0.717) is 11.4 Å². The number of hydrogen-bond acceptors (Lipinski definition) is 3. The van der Waals surface area contributed by atoms with Crippen molar-refractivity contribution < 1.29 is 14.7 Å². The number of carbonyl (C=O) groups excluding carboxylic acids is 1. The molecule has 104 valence electrons. The number of urea groups is 1. The van der Waals surface area contributed by atoms with Gasteiger partial charge in [-0.25, -0.2) is 9.59 Å². The van der Waals surface area contributed by atoms with Crippen LogP contribution in [0.15, 0.2) is 29.6 Å². The Kier molecular flexibility index (Phi) is 4.05. The molecule has 1 aromatic heterocycles. The molecule has 0 radical (unpaired) electrons. The van der Waals surface area contributed by atoms with Crippen LogP contribution >= 0.6 is 11.3 Å². The summed E-state index contributed by atoms with van der Waals surface area (Å²) in [6, 6.07) is 6.90. The number of aryl methyl sites for hydroxylation is 2. The van der Waals surface area contributed by atoms with Crippen molar-refractivity contribution in [2.24, 2.45) is 0 Å². The molecule has 20 heavy (non-hydrogen) atoms. The maximum Gasteiger partial charge on any atom is 0.348 e. The molecule has 6 heteroatoms. The lowest BCUT2D eigenvalue weighted by Crippen LogP contribution is -2.20. The second-order valence-electron chi connectivity index (χ2n) is 4.38. The van der Waals surface area contributed by atoms with E-state index < -0.39 is 12.0 Å². The highest BCUT2D eigenvalue weighted by Gasteiger charge is 2.17. The zero-order chi connectivity index (χ0) is 14.7. The second kappa shape index (κ2) is 5.75. The van der Waals surface area contributed by atoms with Gasteiger partial charge in [-0.05, 0) is 42.5 Å².